The van der Waals surface area contributed by atoms with Gasteiger partial charge in [0.05, 0.1) is 5.69 Å². The second-order valence-electron chi connectivity index (χ2n) is 7.45. The first-order chi connectivity index (χ1) is 10.3. The molecule has 22 heavy (non-hydrogen) atoms. The van der Waals surface area contributed by atoms with Crippen molar-refractivity contribution in [2.24, 2.45) is 0 Å². The molecule has 3 heteroatoms. The summed E-state index contributed by atoms with van der Waals surface area (Å²) in [5, 5.41) is 1.59. The molecule has 0 amide bonds. The highest BCUT2D eigenvalue weighted by molar-refractivity contribution is 6.79. The Morgan fingerprint density at radius 1 is 0.955 bits per heavy atom. The highest BCUT2D eigenvalue weighted by atomic mass is 28.3. The van der Waals surface area contributed by atoms with Crippen molar-refractivity contribution in [2.75, 3.05) is 0 Å². The van der Waals surface area contributed by atoms with Gasteiger partial charge >= 0.3 is 0 Å². The zero-order valence-electron chi connectivity index (χ0n) is 14.1. The van der Waals surface area contributed by atoms with Gasteiger partial charge in [0, 0.05) is 28.9 Å². The maximum atomic E-state index is 4.56. The molecular weight excluding hydrogens is 284 g/mol. The third-order valence-electron chi connectivity index (χ3n) is 5.09. The first-order valence-corrected chi connectivity index (χ1v) is 10.8. The molecule has 0 saturated carbocycles. The third-order valence-corrected chi connectivity index (χ3v) is 10.3. The molecule has 0 unspecified atom stereocenters. The summed E-state index contributed by atoms with van der Waals surface area (Å²) in [6.45, 7) is 12.0. The minimum Gasteiger partial charge on any atom is -0.373 e. The summed E-state index contributed by atoms with van der Waals surface area (Å²) in [7, 11) is -1.67. The van der Waals surface area contributed by atoms with Crippen molar-refractivity contribution in [3.05, 3.63) is 54.9 Å². The van der Waals surface area contributed by atoms with Gasteiger partial charge in [0.15, 0.2) is 8.24 Å². The van der Waals surface area contributed by atoms with E-state index >= 15 is 0 Å². The van der Waals surface area contributed by atoms with Crippen LogP contribution < -0.4 is 0 Å². The molecule has 0 spiro atoms. The van der Waals surface area contributed by atoms with E-state index in [9.17, 15) is 0 Å². The summed E-state index contributed by atoms with van der Waals surface area (Å²) in [5.74, 6) is 0. The Morgan fingerprint density at radius 2 is 1.64 bits per heavy atom. The van der Waals surface area contributed by atoms with E-state index in [1.165, 1.54) is 16.5 Å². The van der Waals surface area contributed by atoms with Crippen molar-refractivity contribution in [1.82, 2.24) is 9.22 Å². The lowest BCUT2D eigenvalue weighted by Crippen LogP contribution is -2.44. The fraction of sp³-hybridized carbons (Fsp3) is 0.316. The molecule has 0 aliphatic carbocycles. The molecule has 0 N–H and O–H groups in total. The lowest BCUT2D eigenvalue weighted by molar-refractivity contribution is 0.703. The standard InChI is InChI=1S/C19H24N2Si/c1-19(2,3)22(4,5)21-14-16(17-11-8-9-13-20-17)15-10-6-7-12-18(15)21/h6-14H,1-5H3. The van der Waals surface area contributed by atoms with E-state index < -0.39 is 8.24 Å². The van der Waals surface area contributed by atoms with Gasteiger partial charge in [-0.3, -0.25) is 4.98 Å². The lowest BCUT2D eigenvalue weighted by Gasteiger charge is -2.38. The van der Waals surface area contributed by atoms with Gasteiger partial charge in [0.2, 0.25) is 0 Å². The molecule has 0 bridgehead atoms. The maximum absolute atomic E-state index is 4.56. The zero-order chi connectivity index (χ0) is 16.0. The normalized spacial score (nSPS) is 12.8. The van der Waals surface area contributed by atoms with Crippen molar-refractivity contribution in [1.29, 1.82) is 0 Å². The number of pyridine rings is 1. The number of aromatic nitrogens is 2. The Bertz CT molecular complexity index is 795. The Hall–Kier alpha value is -1.87. The molecule has 0 saturated heterocycles. The molecule has 0 aliphatic rings. The molecule has 0 fully saturated rings. The topological polar surface area (TPSA) is 17.8 Å². The monoisotopic (exact) mass is 308 g/mol. The molecule has 3 rings (SSSR count). The van der Waals surface area contributed by atoms with E-state index in [-0.39, 0.29) is 5.04 Å². The second kappa shape index (κ2) is 5.09. The van der Waals surface area contributed by atoms with Gasteiger partial charge in [-0.05, 0) is 23.2 Å². The van der Waals surface area contributed by atoms with Crippen LogP contribution in [0.1, 0.15) is 20.8 Å². The fourth-order valence-corrected chi connectivity index (χ4v) is 4.70. The van der Waals surface area contributed by atoms with Gasteiger partial charge < -0.3 is 4.23 Å². The molecule has 2 aromatic heterocycles. The van der Waals surface area contributed by atoms with Crippen LogP contribution in [0.3, 0.4) is 0 Å². The third kappa shape index (κ3) is 2.30. The SMILES string of the molecule is CC(C)(C)[Si](C)(C)n1cc(-c2ccccn2)c2ccccc21. The zero-order valence-corrected chi connectivity index (χ0v) is 15.1. The van der Waals surface area contributed by atoms with Gasteiger partial charge in [-0.2, -0.15) is 0 Å². The van der Waals surface area contributed by atoms with Crippen molar-refractivity contribution < 1.29 is 0 Å². The molecule has 1 aromatic carbocycles. The summed E-state index contributed by atoms with van der Waals surface area (Å²) in [6, 6.07) is 14.8. The van der Waals surface area contributed by atoms with Crippen LogP contribution >= 0.6 is 0 Å². The van der Waals surface area contributed by atoms with Gasteiger partial charge in [-0.25, -0.2) is 0 Å². The molecule has 3 aromatic rings. The summed E-state index contributed by atoms with van der Waals surface area (Å²) in [6.07, 6.45) is 4.19. The summed E-state index contributed by atoms with van der Waals surface area (Å²) >= 11 is 0. The van der Waals surface area contributed by atoms with E-state index in [0.717, 1.165) is 5.69 Å². The van der Waals surface area contributed by atoms with Crippen LogP contribution in [0.25, 0.3) is 22.2 Å². The average molecular weight is 309 g/mol. The number of fused-ring (bicyclic) bond motifs is 1. The maximum Gasteiger partial charge on any atom is 0.161 e. The largest absolute Gasteiger partial charge is 0.373 e. The first kappa shape index (κ1) is 15.0. The number of benzene rings is 1. The van der Waals surface area contributed by atoms with Crippen LogP contribution in [0.4, 0.5) is 0 Å². The van der Waals surface area contributed by atoms with E-state index in [1.807, 2.05) is 12.3 Å². The number of hydrogen-bond acceptors (Lipinski definition) is 1. The van der Waals surface area contributed by atoms with Crippen LogP contribution in [0.2, 0.25) is 18.1 Å². The minimum absolute atomic E-state index is 0.288. The molecule has 2 heterocycles. The predicted octanol–water partition coefficient (Wildman–Crippen LogP) is 5.56. The molecular formula is C19H24N2Si. The number of para-hydroxylation sites is 1. The quantitative estimate of drug-likeness (QED) is 0.567. The second-order valence-corrected chi connectivity index (χ2v) is 12.6. The van der Waals surface area contributed by atoms with Crippen molar-refractivity contribution in [3.8, 4) is 11.3 Å². The van der Waals surface area contributed by atoms with E-state index in [4.69, 9.17) is 0 Å². The Kier molecular flexibility index (Phi) is 3.48. The number of hydrogen-bond donors (Lipinski definition) is 0. The molecule has 114 valence electrons. The lowest BCUT2D eigenvalue weighted by atomic mass is 10.1. The van der Waals surface area contributed by atoms with Crippen LogP contribution in [0.5, 0.6) is 0 Å². The van der Waals surface area contributed by atoms with Gasteiger partial charge in [-0.15, -0.1) is 0 Å². The van der Waals surface area contributed by atoms with Crippen LogP contribution in [0.15, 0.2) is 54.9 Å². The smallest absolute Gasteiger partial charge is 0.161 e. The Labute approximate surface area is 133 Å². The van der Waals surface area contributed by atoms with Gasteiger partial charge in [0.1, 0.15) is 0 Å². The number of rotatable bonds is 2. The van der Waals surface area contributed by atoms with Crippen LogP contribution in [-0.2, 0) is 0 Å². The fourth-order valence-electron chi connectivity index (χ4n) is 2.73. The first-order valence-electron chi connectivity index (χ1n) is 7.84. The molecule has 0 atom stereocenters. The van der Waals surface area contributed by atoms with E-state index in [1.54, 1.807) is 0 Å². The minimum atomic E-state index is -1.67. The number of nitrogens with zero attached hydrogens (tertiary/aromatic N) is 2. The van der Waals surface area contributed by atoms with Crippen molar-refractivity contribution >= 4 is 19.1 Å². The van der Waals surface area contributed by atoms with Crippen molar-refractivity contribution in [2.45, 2.75) is 38.9 Å². The van der Waals surface area contributed by atoms with E-state index in [2.05, 4.69) is 85.7 Å². The molecule has 0 radical (unpaired) electrons. The molecule has 0 aliphatic heterocycles. The average Bonchev–Trinajstić information content (AvgIpc) is 2.87. The van der Waals surface area contributed by atoms with Gasteiger partial charge in [0.25, 0.3) is 0 Å². The van der Waals surface area contributed by atoms with Crippen LogP contribution in [-0.4, -0.2) is 17.5 Å². The highest BCUT2D eigenvalue weighted by Crippen LogP contribution is 2.41. The summed E-state index contributed by atoms with van der Waals surface area (Å²) < 4.78 is 2.55. The Morgan fingerprint density at radius 3 is 2.27 bits per heavy atom. The summed E-state index contributed by atoms with van der Waals surface area (Å²) in [4.78, 5) is 4.56. The van der Waals surface area contributed by atoms with Crippen molar-refractivity contribution in [3.63, 3.8) is 0 Å². The Balaban J connectivity index is 2.31. The molecule has 2 nitrogen and oxygen atoms in total. The predicted molar refractivity (Wildman–Crippen MR) is 97.8 cm³/mol. The highest BCUT2D eigenvalue weighted by Gasteiger charge is 2.38. The van der Waals surface area contributed by atoms with E-state index in [0.29, 0.717) is 0 Å². The summed E-state index contributed by atoms with van der Waals surface area (Å²) in [5.41, 5.74) is 3.62. The van der Waals surface area contributed by atoms with Crippen LogP contribution in [0, 0.1) is 0 Å². The van der Waals surface area contributed by atoms with Gasteiger partial charge in [-0.1, -0.05) is 58.1 Å².